The molecular weight excluding hydrogens is 536 g/mol. The first-order valence-corrected chi connectivity index (χ1v) is 11.9. The van der Waals surface area contributed by atoms with Crippen molar-refractivity contribution in [2.24, 2.45) is 0 Å². The van der Waals surface area contributed by atoms with Crippen molar-refractivity contribution < 1.29 is 13.2 Å². The van der Waals surface area contributed by atoms with Crippen LogP contribution in [0.15, 0.2) is 80.8 Å². The predicted octanol–water partition coefficient (Wildman–Crippen LogP) is 4.41. The van der Waals surface area contributed by atoms with Gasteiger partial charge in [0, 0.05) is 40.1 Å². The van der Waals surface area contributed by atoms with Crippen LogP contribution in [-0.4, -0.2) is 19.4 Å². The molecule has 0 aliphatic carbocycles. The van der Waals surface area contributed by atoms with Gasteiger partial charge in [-0.2, -0.15) is 0 Å². The van der Waals surface area contributed by atoms with Crippen molar-refractivity contribution in [1.29, 1.82) is 0 Å². The fourth-order valence-electron chi connectivity index (χ4n) is 2.51. The molecule has 0 spiro atoms. The Morgan fingerprint density at radius 2 is 1.63 bits per heavy atom. The highest BCUT2D eigenvalue weighted by Gasteiger charge is 2.15. The number of halogens is 2. The SMILES string of the molecule is O=C(NCc1ccncc1)Nc1ccc(S(=O)(=O)NCc2cc(Br)ccc2Br)cc1. The number of sulfonamides is 1. The molecule has 0 aliphatic rings. The summed E-state index contributed by atoms with van der Waals surface area (Å²) in [6, 6.07) is 14.7. The van der Waals surface area contributed by atoms with E-state index in [0.29, 0.717) is 12.2 Å². The summed E-state index contributed by atoms with van der Waals surface area (Å²) in [6.07, 6.45) is 3.30. The van der Waals surface area contributed by atoms with Crippen molar-refractivity contribution in [2.45, 2.75) is 18.0 Å². The summed E-state index contributed by atoms with van der Waals surface area (Å²) in [4.78, 5) is 16.0. The quantitative estimate of drug-likeness (QED) is 0.403. The maximum atomic E-state index is 12.6. The van der Waals surface area contributed by atoms with Crippen LogP contribution in [0.4, 0.5) is 10.5 Å². The Labute approximate surface area is 191 Å². The second-order valence-corrected chi connectivity index (χ2v) is 9.78. The van der Waals surface area contributed by atoms with Crippen molar-refractivity contribution in [1.82, 2.24) is 15.0 Å². The largest absolute Gasteiger partial charge is 0.334 e. The highest BCUT2D eigenvalue weighted by atomic mass is 79.9. The Morgan fingerprint density at radius 1 is 0.933 bits per heavy atom. The molecule has 0 bridgehead atoms. The molecule has 3 N–H and O–H groups in total. The Kier molecular flexibility index (Phi) is 7.59. The lowest BCUT2D eigenvalue weighted by Crippen LogP contribution is -2.28. The van der Waals surface area contributed by atoms with Crippen molar-refractivity contribution in [3.05, 3.63) is 87.1 Å². The van der Waals surface area contributed by atoms with E-state index < -0.39 is 10.0 Å². The third-order valence-corrected chi connectivity index (χ3v) is 6.77. The third-order valence-electron chi connectivity index (χ3n) is 4.09. The van der Waals surface area contributed by atoms with Crippen LogP contribution in [0.1, 0.15) is 11.1 Å². The number of carbonyl (C=O) groups excluding carboxylic acids is 1. The highest BCUT2D eigenvalue weighted by Crippen LogP contribution is 2.22. The van der Waals surface area contributed by atoms with Crippen LogP contribution < -0.4 is 15.4 Å². The van der Waals surface area contributed by atoms with Gasteiger partial charge in [0.2, 0.25) is 10.0 Å². The molecule has 7 nitrogen and oxygen atoms in total. The van der Waals surface area contributed by atoms with Gasteiger partial charge in [-0.25, -0.2) is 17.9 Å². The van der Waals surface area contributed by atoms with Crippen LogP contribution in [0.25, 0.3) is 0 Å². The van der Waals surface area contributed by atoms with Gasteiger partial charge in [0.1, 0.15) is 0 Å². The van der Waals surface area contributed by atoms with Crippen LogP contribution in [-0.2, 0) is 23.1 Å². The van der Waals surface area contributed by atoms with Crippen LogP contribution >= 0.6 is 31.9 Å². The average molecular weight is 554 g/mol. The average Bonchev–Trinajstić information content (AvgIpc) is 2.74. The fourth-order valence-corrected chi connectivity index (χ4v) is 4.31. The fraction of sp³-hybridized carbons (Fsp3) is 0.100. The molecule has 2 aromatic carbocycles. The van der Waals surface area contributed by atoms with Gasteiger partial charge in [0.15, 0.2) is 0 Å². The van der Waals surface area contributed by atoms with Gasteiger partial charge >= 0.3 is 6.03 Å². The number of hydrogen-bond acceptors (Lipinski definition) is 4. The molecule has 2 amide bonds. The van der Waals surface area contributed by atoms with E-state index in [4.69, 9.17) is 0 Å². The Morgan fingerprint density at radius 3 is 2.33 bits per heavy atom. The molecule has 3 rings (SSSR count). The minimum Gasteiger partial charge on any atom is -0.334 e. The molecule has 0 unspecified atom stereocenters. The van der Waals surface area contributed by atoms with Gasteiger partial charge in [-0.15, -0.1) is 0 Å². The molecule has 30 heavy (non-hydrogen) atoms. The summed E-state index contributed by atoms with van der Waals surface area (Å²) in [5.74, 6) is 0. The molecular formula is C20H18Br2N4O3S. The molecule has 1 aromatic heterocycles. The van der Waals surface area contributed by atoms with Crippen LogP contribution in [0.2, 0.25) is 0 Å². The zero-order valence-corrected chi connectivity index (χ0v) is 19.6. The highest BCUT2D eigenvalue weighted by molar-refractivity contribution is 9.11. The van der Waals surface area contributed by atoms with Gasteiger partial charge in [0.25, 0.3) is 0 Å². The number of aromatic nitrogens is 1. The topological polar surface area (TPSA) is 100 Å². The normalized spacial score (nSPS) is 11.1. The summed E-state index contributed by atoms with van der Waals surface area (Å²) >= 11 is 6.78. The number of anilines is 1. The van der Waals surface area contributed by atoms with E-state index >= 15 is 0 Å². The lowest BCUT2D eigenvalue weighted by atomic mass is 10.2. The molecule has 10 heteroatoms. The molecule has 0 saturated carbocycles. The lowest BCUT2D eigenvalue weighted by molar-refractivity contribution is 0.251. The number of nitrogens with zero attached hydrogens (tertiary/aromatic N) is 1. The summed E-state index contributed by atoms with van der Waals surface area (Å²) in [5, 5.41) is 5.39. The summed E-state index contributed by atoms with van der Waals surface area (Å²) in [5.41, 5.74) is 2.21. The number of pyridine rings is 1. The molecule has 0 atom stereocenters. The van der Waals surface area contributed by atoms with Crippen molar-refractivity contribution >= 4 is 53.6 Å². The Bertz CT molecular complexity index is 1120. The lowest BCUT2D eigenvalue weighted by Gasteiger charge is -2.10. The minimum atomic E-state index is -3.70. The Balaban J connectivity index is 1.57. The zero-order chi connectivity index (χ0) is 21.6. The Hall–Kier alpha value is -2.27. The van der Waals surface area contributed by atoms with E-state index in [-0.39, 0.29) is 17.5 Å². The number of amides is 2. The number of urea groups is 1. The number of carbonyl (C=O) groups is 1. The number of hydrogen-bond donors (Lipinski definition) is 3. The first-order chi connectivity index (χ1) is 14.3. The van der Waals surface area contributed by atoms with Gasteiger partial charge in [-0.3, -0.25) is 4.98 Å². The number of nitrogens with one attached hydrogen (secondary N) is 3. The smallest absolute Gasteiger partial charge is 0.319 e. The van der Waals surface area contributed by atoms with Gasteiger partial charge in [0.05, 0.1) is 4.90 Å². The summed E-state index contributed by atoms with van der Waals surface area (Å²) in [7, 11) is -3.70. The maximum absolute atomic E-state index is 12.6. The van der Waals surface area contributed by atoms with Crippen LogP contribution in [0.5, 0.6) is 0 Å². The molecule has 1 heterocycles. The van der Waals surface area contributed by atoms with Gasteiger partial charge < -0.3 is 10.6 Å². The molecule has 0 saturated heterocycles. The van der Waals surface area contributed by atoms with Crippen LogP contribution in [0.3, 0.4) is 0 Å². The molecule has 3 aromatic rings. The molecule has 156 valence electrons. The second kappa shape index (κ2) is 10.2. The van der Waals surface area contributed by atoms with E-state index in [1.54, 1.807) is 24.5 Å². The van der Waals surface area contributed by atoms with Crippen molar-refractivity contribution in [3.63, 3.8) is 0 Å². The first-order valence-electron chi connectivity index (χ1n) is 8.81. The summed E-state index contributed by atoms with van der Waals surface area (Å²) < 4.78 is 29.3. The number of rotatable bonds is 7. The van der Waals surface area contributed by atoms with E-state index in [9.17, 15) is 13.2 Å². The first kappa shape index (κ1) is 22.4. The minimum absolute atomic E-state index is 0.108. The maximum Gasteiger partial charge on any atom is 0.319 e. The molecule has 0 aliphatic heterocycles. The van der Waals surface area contributed by atoms with E-state index in [1.165, 1.54) is 24.3 Å². The van der Waals surface area contributed by atoms with Gasteiger partial charge in [-0.1, -0.05) is 31.9 Å². The third kappa shape index (κ3) is 6.36. The van der Waals surface area contributed by atoms with Crippen molar-refractivity contribution in [3.8, 4) is 0 Å². The van der Waals surface area contributed by atoms with E-state index in [1.807, 2.05) is 18.2 Å². The number of benzene rings is 2. The second-order valence-electron chi connectivity index (χ2n) is 6.25. The zero-order valence-electron chi connectivity index (χ0n) is 15.6. The van der Waals surface area contributed by atoms with E-state index in [0.717, 1.165) is 20.1 Å². The molecule has 0 fully saturated rings. The summed E-state index contributed by atoms with van der Waals surface area (Å²) in [6.45, 7) is 0.496. The molecule has 0 radical (unpaired) electrons. The van der Waals surface area contributed by atoms with Gasteiger partial charge in [-0.05, 0) is 65.7 Å². The monoisotopic (exact) mass is 552 g/mol. The van der Waals surface area contributed by atoms with E-state index in [2.05, 4.69) is 52.2 Å². The predicted molar refractivity (Wildman–Crippen MR) is 122 cm³/mol. The van der Waals surface area contributed by atoms with Crippen LogP contribution in [0, 0.1) is 0 Å². The van der Waals surface area contributed by atoms with Crippen molar-refractivity contribution in [2.75, 3.05) is 5.32 Å². The standard InChI is InChI=1S/C20H18Br2N4O3S/c21-16-1-6-19(22)15(11-16)13-25-30(28,29)18-4-2-17(3-5-18)26-20(27)24-12-14-7-9-23-10-8-14/h1-11,25H,12-13H2,(H2,24,26,27).